The van der Waals surface area contributed by atoms with Gasteiger partial charge in [-0.3, -0.25) is 4.90 Å². The second kappa shape index (κ2) is 7.02. The van der Waals surface area contributed by atoms with Crippen molar-refractivity contribution >= 4 is 17.2 Å². The third-order valence-corrected chi connectivity index (χ3v) is 4.02. The maximum atomic E-state index is 9.28. The van der Waals surface area contributed by atoms with E-state index < -0.39 is 0 Å². The molecule has 0 amide bonds. The number of hydrogen-bond acceptors (Lipinski definition) is 4. The van der Waals surface area contributed by atoms with Crippen LogP contribution in [0.1, 0.15) is 24.0 Å². The second-order valence-corrected chi connectivity index (χ2v) is 5.76. The van der Waals surface area contributed by atoms with E-state index in [0.717, 1.165) is 43.8 Å². The highest BCUT2D eigenvalue weighted by atomic mass is 32.1. The van der Waals surface area contributed by atoms with Crippen LogP contribution in [0.3, 0.4) is 0 Å². The Morgan fingerprint density at radius 1 is 1.55 bits per heavy atom. The topological polar surface area (TPSA) is 58.7 Å². The van der Waals surface area contributed by atoms with Crippen molar-refractivity contribution in [1.82, 2.24) is 4.90 Å². The van der Waals surface area contributed by atoms with Gasteiger partial charge in [0.2, 0.25) is 0 Å². The Labute approximate surface area is 125 Å². The maximum absolute atomic E-state index is 9.28. The molecule has 1 heterocycles. The van der Waals surface area contributed by atoms with Gasteiger partial charge in [0.15, 0.2) is 0 Å². The number of ether oxygens (including phenoxy) is 1. The van der Waals surface area contributed by atoms with Crippen molar-refractivity contribution in [1.29, 1.82) is 0 Å². The van der Waals surface area contributed by atoms with E-state index in [0.29, 0.717) is 10.9 Å². The van der Waals surface area contributed by atoms with Crippen LogP contribution in [0, 0.1) is 5.92 Å². The first-order valence-corrected chi connectivity index (χ1v) is 7.34. The van der Waals surface area contributed by atoms with Crippen LogP contribution in [0.2, 0.25) is 0 Å². The highest BCUT2D eigenvalue weighted by Gasteiger charge is 2.19. The van der Waals surface area contributed by atoms with E-state index in [-0.39, 0.29) is 6.61 Å². The zero-order valence-corrected chi connectivity index (χ0v) is 12.7. The summed E-state index contributed by atoms with van der Waals surface area (Å²) >= 11 is 5.01. The summed E-state index contributed by atoms with van der Waals surface area (Å²) in [6.45, 7) is 3.18. The fourth-order valence-corrected chi connectivity index (χ4v) is 2.91. The molecule has 1 aliphatic heterocycles. The summed E-state index contributed by atoms with van der Waals surface area (Å²) in [5.41, 5.74) is 7.63. The molecule has 2 rings (SSSR count). The Hall–Kier alpha value is -1.17. The van der Waals surface area contributed by atoms with E-state index in [1.54, 1.807) is 7.11 Å². The molecular weight excluding hydrogens is 272 g/mol. The van der Waals surface area contributed by atoms with Crippen molar-refractivity contribution in [2.24, 2.45) is 11.7 Å². The minimum atomic E-state index is 0.278. The Morgan fingerprint density at radius 2 is 2.35 bits per heavy atom. The van der Waals surface area contributed by atoms with Crippen LogP contribution in [0.4, 0.5) is 0 Å². The minimum Gasteiger partial charge on any atom is -0.496 e. The molecule has 1 atom stereocenters. The Morgan fingerprint density at radius 3 is 3.00 bits per heavy atom. The number of rotatable bonds is 5. The van der Waals surface area contributed by atoms with Crippen molar-refractivity contribution in [2.75, 3.05) is 26.8 Å². The molecule has 0 radical (unpaired) electrons. The SMILES string of the molecule is COc1cc(CN2CCCC(CO)C2)ccc1C(N)=S. The summed E-state index contributed by atoms with van der Waals surface area (Å²) in [7, 11) is 1.63. The zero-order valence-electron chi connectivity index (χ0n) is 11.8. The van der Waals surface area contributed by atoms with Crippen molar-refractivity contribution in [3.8, 4) is 5.75 Å². The van der Waals surface area contributed by atoms with Gasteiger partial charge < -0.3 is 15.6 Å². The second-order valence-electron chi connectivity index (χ2n) is 5.32. The number of likely N-dealkylation sites (tertiary alicyclic amines) is 1. The number of hydrogen-bond donors (Lipinski definition) is 2. The first kappa shape index (κ1) is 15.2. The van der Waals surface area contributed by atoms with E-state index >= 15 is 0 Å². The van der Waals surface area contributed by atoms with Gasteiger partial charge in [0.1, 0.15) is 10.7 Å². The fourth-order valence-electron chi connectivity index (χ4n) is 2.74. The number of thiocarbonyl (C=S) groups is 1. The highest BCUT2D eigenvalue weighted by Crippen LogP contribution is 2.23. The summed E-state index contributed by atoms with van der Waals surface area (Å²) in [6.07, 6.45) is 2.27. The molecule has 5 heteroatoms. The van der Waals surface area contributed by atoms with Gasteiger partial charge >= 0.3 is 0 Å². The van der Waals surface area contributed by atoms with Crippen LogP contribution in [-0.2, 0) is 6.54 Å². The van der Waals surface area contributed by atoms with Crippen molar-refractivity contribution in [3.05, 3.63) is 29.3 Å². The van der Waals surface area contributed by atoms with Crippen molar-refractivity contribution in [3.63, 3.8) is 0 Å². The highest BCUT2D eigenvalue weighted by molar-refractivity contribution is 7.80. The molecule has 0 spiro atoms. The van der Waals surface area contributed by atoms with E-state index in [1.165, 1.54) is 5.56 Å². The van der Waals surface area contributed by atoms with Crippen LogP contribution in [-0.4, -0.2) is 41.8 Å². The molecule has 1 unspecified atom stereocenters. The molecule has 1 aromatic rings. The van der Waals surface area contributed by atoms with E-state index in [1.807, 2.05) is 18.2 Å². The zero-order chi connectivity index (χ0) is 14.5. The number of benzene rings is 1. The number of nitrogens with two attached hydrogens (primary N) is 1. The van der Waals surface area contributed by atoms with Crippen molar-refractivity contribution < 1.29 is 9.84 Å². The third-order valence-electron chi connectivity index (χ3n) is 3.80. The summed E-state index contributed by atoms with van der Waals surface area (Å²) < 4.78 is 5.35. The largest absolute Gasteiger partial charge is 0.496 e. The number of methoxy groups -OCH3 is 1. The Kier molecular flexibility index (Phi) is 5.34. The smallest absolute Gasteiger partial charge is 0.129 e. The summed E-state index contributed by atoms with van der Waals surface area (Å²) in [6, 6.07) is 5.96. The first-order chi connectivity index (χ1) is 9.63. The molecule has 0 bridgehead atoms. The average molecular weight is 294 g/mol. The maximum Gasteiger partial charge on any atom is 0.129 e. The number of nitrogens with zero attached hydrogens (tertiary/aromatic N) is 1. The predicted octanol–water partition coefficient (Wildman–Crippen LogP) is 1.53. The molecule has 0 saturated carbocycles. The average Bonchev–Trinajstić information content (AvgIpc) is 2.47. The van der Waals surface area contributed by atoms with Gasteiger partial charge in [-0.2, -0.15) is 0 Å². The van der Waals surface area contributed by atoms with Gasteiger partial charge in [0, 0.05) is 19.7 Å². The van der Waals surface area contributed by atoms with Gasteiger partial charge in [-0.05, 0) is 43.0 Å². The Balaban J connectivity index is 2.07. The molecule has 3 N–H and O–H groups in total. The summed E-state index contributed by atoms with van der Waals surface area (Å²) in [5.74, 6) is 1.13. The fraction of sp³-hybridized carbons (Fsp3) is 0.533. The quantitative estimate of drug-likeness (QED) is 0.807. The lowest BCUT2D eigenvalue weighted by molar-refractivity contribution is 0.116. The lowest BCUT2D eigenvalue weighted by atomic mass is 9.98. The van der Waals surface area contributed by atoms with Crippen LogP contribution in [0.15, 0.2) is 18.2 Å². The van der Waals surface area contributed by atoms with E-state index in [4.69, 9.17) is 22.7 Å². The molecule has 20 heavy (non-hydrogen) atoms. The summed E-state index contributed by atoms with van der Waals surface area (Å²) in [4.78, 5) is 2.73. The number of piperidine rings is 1. The lowest BCUT2D eigenvalue weighted by Gasteiger charge is -2.31. The van der Waals surface area contributed by atoms with E-state index in [2.05, 4.69) is 4.90 Å². The molecule has 1 aromatic carbocycles. The molecule has 1 saturated heterocycles. The molecular formula is C15H22N2O2S. The lowest BCUT2D eigenvalue weighted by Crippen LogP contribution is -2.36. The minimum absolute atomic E-state index is 0.278. The predicted molar refractivity (Wildman–Crippen MR) is 84.0 cm³/mol. The summed E-state index contributed by atoms with van der Waals surface area (Å²) in [5, 5.41) is 9.28. The molecule has 4 nitrogen and oxygen atoms in total. The monoisotopic (exact) mass is 294 g/mol. The number of aliphatic hydroxyl groups excluding tert-OH is 1. The standard InChI is InChI=1S/C15H22N2O2S/c1-19-14-7-11(4-5-13(14)15(16)20)8-17-6-2-3-12(9-17)10-18/h4-5,7,12,18H,2-3,6,8-10H2,1H3,(H2,16,20). The van der Waals surface area contributed by atoms with Gasteiger partial charge in [0.25, 0.3) is 0 Å². The molecule has 1 aliphatic rings. The first-order valence-electron chi connectivity index (χ1n) is 6.94. The van der Waals surface area contributed by atoms with E-state index in [9.17, 15) is 5.11 Å². The van der Waals surface area contributed by atoms with Crippen molar-refractivity contribution in [2.45, 2.75) is 19.4 Å². The van der Waals surface area contributed by atoms with Gasteiger partial charge in [-0.1, -0.05) is 18.3 Å². The normalized spacial score (nSPS) is 19.8. The van der Waals surface area contributed by atoms with Crippen LogP contribution in [0.5, 0.6) is 5.75 Å². The number of aliphatic hydroxyl groups is 1. The molecule has 0 aliphatic carbocycles. The van der Waals surface area contributed by atoms with Crippen LogP contribution >= 0.6 is 12.2 Å². The van der Waals surface area contributed by atoms with Gasteiger partial charge in [0.05, 0.1) is 12.7 Å². The van der Waals surface area contributed by atoms with Crippen LogP contribution in [0.25, 0.3) is 0 Å². The molecule has 0 aromatic heterocycles. The van der Waals surface area contributed by atoms with Gasteiger partial charge in [-0.25, -0.2) is 0 Å². The van der Waals surface area contributed by atoms with Gasteiger partial charge in [-0.15, -0.1) is 0 Å². The Bertz CT molecular complexity index is 479. The third kappa shape index (κ3) is 3.69. The van der Waals surface area contributed by atoms with Crippen LogP contribution < -0.4 is 10.5 Å². The molecule has 110 valence electrons. The molecule has 1 fully saturated rings.